The van der Waals surface area contributed by atoms with E-state index >= 15 is 0 Å². The minimum absolute atomic E-state index is 0. The van der Waals surface area contributed by atoms with E-state index in [1.807, 2.05) is 24.3 Å². The molecule has 162 valence electrons. The number of hydrogen-bond donors (Lipinski definition) is 2. The number of quaternary nitrogens is 1. The van der Waals surface area contributed by atoms with E-state index in [0.29, 0.717) is 22.1 Å². The van der Waals surface area contributed by atoms with Gasteiger partial charge in [0.05, 0.1) is 36.3 Å². The molecule has 0 aliphatic carbocycles. The zero-order chi connectivity index (χ0) is 21.5. The monoisotopic (exact) mass is 461 g/mol. The summed E-state index contributed by atoms with van der Waals surface area (Å²) in [4.78, 5) is 40.6. The van der Waals surface area contributed by atoms with Crippen molar-refractivity contribution < 1.29 is 36.6 Å². The Morgan fingerprint density at radius 2 is 2.00 bits per heavy atom. The van der Waals surface area contributed by atoms with Crippen LogP contribution in [0.25, 0.3) is 10.2 Å². The van der Waals surface area contributed by atoms with Gasteiger partial charge >= 0.3 is 5.97 Å². The number of ketones is 1. The van der Waals surface area contributed by atoms with Crippen molar-refractivity contribution in [1.82, 2.24) is 9.47 Å². The number of amides is 1. The van der Waals surface area contributed by atoms with Crippen molar-refractivity contribution in [3.63, 3.8) is 0 Å². The molecule has 31 heavy (non-hydrogen) atoms. The lowest BCUT2D eigenvalue weighted by molar-refractivity contribution is -0.142. The molecule has 0 fully saturated rings. The second-order valence-corrected chi connectivity index (χ2v) is 8.55. The molecule has 1 aliphatic rings. The van der Waals surface area contributed by atoms with Gasteiger partial charge in [0.25, 0.3) is 5.91 Å². The van der Waals surface area contributed by atoms with Crippen LogP contribution in [0.3, 0.4) is 0 Å². The van der Waals surface area contributed by atoms with Gasteiger partial charge in [0.2, 0.25) is 0 Å². The largest absolute Gasteiger partial charge is 1.00 e. The number of anilines is 1. The van der Waals surface area contributed by atoms with Gasteiger partial charge in [0.15, 0.2) is 23.6 Å². The number of carbonyl (C=O) groups is 3. The summed E-state index contributed by atoms with van der Waals surface area (Å²) in [5.74, 6) is -1.21. The van der Waals surface area contributed by atoms with Crippen molar-refractivity contribution >= 4 is 50.0 Å². The first-order valence-corrected chi connectivity index (χ1v) is 10.1. The topological polar surface area (TPSA) is 106 Å². The number of fused-ring (bicyclic) bond motifs is 2. The number of rotatable bonds is 5. The number of ether oxygens (including phenoxy) is 1. The Morgan fingerprint density at radius 3 is 2.71 bits per heavy atom. The molecule has 1 amide bonds. The smallest absolute Gasteiger partial charge is 0.363 e. The normalized spacial score (nSPS) is 16.8. The third-order valence-corrected chi connectivity index (χ3v) is 6.20. The van der Waals surface area contributed by atoms with Crippen molar-refractivity contribution in [3.05, 3.63) is 48.0 Å². The van der Waals surface area contributed by atoms with E-state index in [0.717, 1.165) is 10.2 Å². The molecule has 0 spiro atoms. The van der Waals surface area contributed by atoms with E-state index < -0.39 is 12.0 Å². The number of nitrogens with one attached hydrogen (secondary N) is 1. The molecule has 0 saturated heterocycles. The molecule has 1 atom stereocenters. The van der Waals surface area contributed by atoms with Gasteiger partial charge in [-0.3, -0.25) is 19.4 Å². The number of carboxylic acids is 1. The average Bonchev–Trinajstić information content (AvgIpc) is 3.11. The van der Waals surface area contributed by atoms with Gasteiger partial charge in [-0.05, 0) is 24.3 Å². The van der Waals surface area contributed by atoms with Gasteiger partial charge < -0.3 is 22.3 Å². The molecular weight excluding hydrogens is 442 g/mol. The Kier molecular flexibility index (Phi) is 6.30. The van der Waals surface area contributed by atoms with Crippen LogP contribution < -0.4 is 26.9 Å². The van der Waals surface area contributed by atoms with Gasteiger partial charge in [-0.1, -0.05) is 23.5 Å². The Hall–Kier alpha value is -3.01. The molecule has 2 aromatic carbocycles. The van der Waals surface area contributed by atoms with Crippen molar-refractivity contribution in [1.29, 1.82) is 0 Å². The first-order chi connectivity index (χ1) is 14.3. The first kappa shape index (κ1) is 22.7. The third kappa shape index (κ3) is 4.39. The minimum Gasteiger partial charge on any atom is -1.00 e. The highest BCUT2D eigenvalue weighted by Gasteiger charge is 2.45. The molecule has 3 aromatic rings. The van der Waals surface area contributed by atoms with E-state index in [4.69, 9.17) is 4.74 Å². The Balaban J connectivity index is 0.00000272. The van der Waals surface area contributed by atoms with E-state index in [1.165, 1.54) is 11.3 Å². The summed E-state index contributed by atoms with van der Waals surface area (Å²) in [6, 6.07) is 11.6. The number of hydrogen-bond acceptors (Lipinski definition) is 6. The highest BCUT2D eigenvalue weighted by atomic mass is 35.5. The maximum atomic E-state index is 12.4. The lowest BCUT2D eigenvalue weighted by Gasteiger charge is -2.39. The summed E-state index contributed by atoms with van der Waals surface area (Å²) in [6.45, 7) is -0.238. The van der Waals surface area contributed by atoms with Gasteiger partial charge in [-0.25, -0.2) is 9.78 Å². The van der Waals surface area contributed by atoms with Crippen molar-refractivity contribution in [2.24, 2.45) is 0 Å². The number of carboxylic acid groups (broad SMARTS) is 1. The zero-order valence-electron chi connectivity index (χ0n) is 16.8. The minimum atomic E-state index is -1.03. The van der Waals surface area contributed by atoms with Crippen LogP contribution in [0.2, 0.25) is 0 Å². The number of nitrogens with zero attached hydrogens (tertiary/aromatic N) is 2. The maximum Gasteiger partial charge on any atom is 0.363 e. The Morgan fingerprint density at radius 1 is 1.26 bits per heavy atom. The van der Waals surface area contributed by atoms with Gasteiger partial charge in [-0.15, -0.1) is 0 Å². The predicted molar refractivity (Wildman–Crippen MR) is 114 cm³/mol. The second-order valence-electron chi connectivity index (χ2n) is 7.52. The number of aromatic nitrogens is 1. The second kappa shape index (κ2) is 8.62. The summed E-state index contributed by atoms with van der Waals surface area (Å²) in [6.07, 6.45) is -0.0554. The van der Waals surface area contributed by atoms with Gasteiger partial charge in [-0.2, -0.15) is 0 Å². The van der Waals surface area contributed by atoms with Crippen LogP contribution in [0.5, 0.6) is 5.75 Å². The van der Waals surface area contributed by atoms with E-state index in [9.17, 15) is 19.5 Å². The standard InChI is InChI=1S/C21H19N3O5S.ClH/c1-24(2)15-9-12(7-8-13(15)17(25)10-16(24)20(27)28)29-11-19(26)23-21-22-14-5-3-4-6-18(14)30-21;/h3-9,16H,10-11H2,1-2H3,(H-,22,23,26,27,28);1H. The molecule has 0 radical (unpaired) electrons. The number of halogens is 1. The van der Waals surface area contributed by atoms with Gasteiger partial charge in [0, 0.05) is 6.07 Å². The predicted octanol–water partition coefficient (Wildman–Crippen LogP) is -0.0757. The first-order valence-electron chi connectivity index (χ1n) is 9.28. The molecule has 1 aliphatic heterocycles. The molecule has 4 rings (SSSR count). The fourth-order valence-corrected chi connectivity index (χ4v) is 4.47. The number of aliphatic carboxylic acids is 1. The van der Waals surface area contributed by atoms with E-state index in [1.54, 1.807) is 32.3 Å². The van der Waals surface area contributed by atoms with Crippen molar-refractivity contribution in [2.75, 3.05) is 26.0 Å². The van der Waals surface area contributed by atoms with E-state index in [-0.39, 0.29) is 41.6 Å². The summed E-state index contributed by atoms with van der Waals surface area (Å²) < 4.78 is 6.59. The fourth-order valence-electron chi connectivity index (χ4n) is 3.59. The molecule has 1 aromatic heterocycles. The fraction of sp³-hybridized carbons (Fsp3) is 0.238. The van der Waals surface area contributed by atoms with Crippen molar-refractivity contribution in [2.45, 2.75) is 12.5 Å². The number of thiazole rings is 1. The third-order valence-electron chi connectivity index (χ3n) is 5.24. The summed E-state index contributed by atoms with van der Waals surface area (Å²) >= 11 is 1.37. The molecule has 0 bridgehead atoms. The molecule has 10 heteroatoms. The average molecular weight is 462 g/mol. The van der Waals surface area contributed by atoms with Crippen LogP contribution >= 0.6 is 11.3 Å². The van der Waals surface area contributed by atoms with Crippen molar-refractivity contribution in [3.8, 4) is 5.75 Å². The Labute approximate surface area is 188 Å². The quantitative estimate of drug-likeness (QED) is 0.515. The SMILES string of the molecule is C[N+]1(C)c2cc(OCC(=O)Nc3nc4ccccc4s3)ccc2C(=O)CC1C(=O)O.[Cl-]. The van der Waals surface area contributed by atoms with E-state index in [2.05, 4.69) is 10.3 Å². The maximum absolute atomic E-state index is 12.4. The summed E-state index contributed by atoms with van der Waals surface area (Å²) in [5, 5.41) is 12.7. The number of carbonyl (C=O) groups excluding carboxylic acids is 2. The van der Waals surface area contributed by atoms with Crippen LogP contribution in [0.4, 0.5) is 10.8 Å². The number of benzene rings is 2. The van der Waals surface area contributed by atoms with Crippen LogP contribution in [0.15, 0.2) is 42.5 Å². The summed E-state index contributed by atoms with van der Waals surface area (Å²) in [7, 11) is 3.49. The zero-order valence-corrected chi connectivity index (χ0v) is 18.4. The number of para-hydroxylation sites is 1. The van der Waals surface area contributed by atoms with Crippen LogP contribution in [0, 0.1) is 0 Å². The highest BCUT2D eigenvalue weighted by molar-refractivity contribution is 7.22. The lowest BCUT2D eigenvalue weighted by atomic mass is 9.92. The molecule has 2 N–H and O–H groups in total. The lowest BCUT2D eigenvalue weighted by Crippen LogP contribution is -3.00. The van der Waals surface area contributed by atoms with Gasteiger partial charge in [0.1, 0.15) is 11.4 Å². The molecule has 0 saturated carbocycles. The summed E-state index contributed by atoms with van der Waals surface area (Å²) in [5.41, 5.74) is 1.84. The highest BCUT2D eigenvalue weighted by Crippen LogP contribution is 2.37. The van der Waals surface area contributed by atoms with Crippen LogP contribution in [-0.2, 0) is 9.59 Å². The van der Waals surface area contributed by atoms with Crippen LogP contribution in [-0.4, -0.2) is 54.5 Å². The molecule has 8 nitrogen and oxygen atoms in total. The van der Waals surface area contributed by atoms with Crippen LogP contribution in [0.1, 0.15) is 16.8 Å². The molecular formula is C21H20ClN3O5S. The number of likely N-dealkylation sites (N-methyl/N-ethyl adjacent to an activating group) is 1. The molecule has 1 unspecified atom stereocenters. The number of Topliss-reactive ketones (excluding diaryl/α,β-unsaturated/α-hetero) is 1. The molecule has 2 heterocycles. The Bertz CT molecular complexity index is 1140.